The minimum Gasteiger partial charge on any atom is -0.381 e. The fraction of sp³-hybridized carbons (Fsp3) is 0.812. The van der Waals surface area contributed by atoms with E-state index in [0.29, 0.717) is 19.1 Å². The topological polar surface area (TPSA) is 93.5 Å². The number of aromatic nitrogens is 4. The molecule has 0 radical (unpaired) electrons. The van der Waals surface area contributed by atoms with Crippen molar-refractivity contribution in [1.29, 1.82) is 0 Å². The molecule has 9 heteroatoms. The molecule has 4 heterocycles. The van der Waals surface area contributed by atoms with Crippen molar-refractivity contribution in [3.05, 3.63) is 6.33 Å². The highest BCUT2D eigenvalue weighted by atomic mass is 16.5. The Bertz CT molecular complexity index is 630. The molecular weight excluding hydrogens is 324 g/mol. The van der Waals surface area contributed by atoms with Crippen LogP contribution >= 0.6 is 0 Å². The Morgan fingerprint density at radius 1 is 1.28 bits per heavy atom. The number of nitrogens with zero attached hydrogens (tertiary/aromatic N) is 6. The fourth-order valence-electron chi connectivity index (χ4n) is 4.39. The third kappa shape index (κ3) is 3.12. The monoisotopic (exact) mass is 348 g/mol. The number of amides is 2. The number of hydrogen-bond acceptors (Lipinski definition) is 6. The lowest BCUT2D eigenvalue weighted by atomic mass is 9.77. The second kappa shape index (κ2) is 6.70. The highest BCUT2D eigenvalue weighted by molar-refractivity contribution is 5.86. The molecule has 1 spiro atoms. The number of rotatable bonds is 3. The van der Waals surface area contributed by atoms with Gasteiger partial charge in [-0.1, -0.05) is 0 Å². The predicted octanol–water partition coefficient (Wildman–Crippen LogP) is -0.307. The van der Waals surface area contributed by atoms with Gasteiger partial charge in [-0.25, -0.2) is 0 Å². The average Bonchev–Trinajstić information content (AvgIpc) is 3.29. The first-order valence-electron chi connectivity index (χ1n) is 9.05. The average molecular weight is 348 g/mol. The van der Waals surface area contributed by atoms with Gasteiger partial charge in [-0.2, -0.15) is 4.80 Å². The molecule has 4 rings (SSSR count). The molecule has 3 aliphatic heterocycles. The maximum Gasteiger partial charge on any atom is 0.246 e. The van der Waals surface area contributed by atoms with E-state index in [1.807, 2.05) is 0 Å². The molecule has 3 aliphatic rings. The number of ether oxygens (including phenoxy) is 1. The maximum atomic E-state index is 13.2. The van der Waals surface area contributed by atoms with Gasteiger partial charge in [0.25, 0.3) is 0 Å². The van der Waals surface area contributed by atoms with E-state index in [0.717, 1.165) is 51.9 Å². The van der Waals surface area contributed by atoms with Crippen molar-refractivity contribution in [2.45, 2.75) is 44.7 Å². The Balaban J connectivity index is 1.42. The smallest absolute Gasteiger partial charge is 0.246 e. The van der Waals surface area contributed by atoms with Crippen LogP contribution in [0.4, 0.5) is 0 Å². The quantitative estimate of drug-likeness (QED) is 0.744. The standard InChI is InChI=1S/C16H24N6O3/c23-14(10-22-18-12-17-19-22)20-7-5-16(11-20)4-1-6-21(15(16)24)13-2-8-25-9-3-13/h12-13H,1-11H2. The van der Waals surface area contributed by atoms with Crippen molar-refractivity contribution < 1.29 is 14.3 Å². The summed E-state index contributed by atoms with van der Waals surface area (Å²) in [6.45, 7) is 3.52. The first-order chi connectivity index (χ1) is 12.2. The molecule has 0 aromatic carbocycles. The van der Waals surface area contributed by atoms with E-state index in [1.165, 1.54) is 11.1 Å². The minimum atomic E-state index is -0.401. The third-order valence-electron chi connectivity index (χ3n) is 5.78. The molecule has 0 N–H and O–H groups in total. The second-order valence-corrected chi connectivity index (χ2v) is 7.26. The van der Waals surface area contributed by atoms with Gasteiger partial charge in [0, 0.05) is 38.9 Å². The van der Waals surface area contributed by atoms with Crippen molar-refractivity contribution >= 4 is 11.8 Å². The Labute approximate surface area is 146 Å². The fourth-order valence-corrected chi connectivity index (χ4v) is 4.39. The van der Waals surface area contributed by atoms with Crippen LogP contribution in [0.25, 0.3) is 0 Å². The lowest BCUT2D eigenvalue weighted by molar-refractivity contribution is -0.151. The summed E-state index contributed by atoms with van der Waals surface area (Å²) in [6, 6.07) is 0.294. The molecule has 3 fully saturated rings. The van der Waals surface area contributed by atoms with Crippen molar-refractivity contribution in [2.75, 3.05) is 32.8 Å². The predicted molar refractivity (Wildman–Crippen MR) is 86.2 cm³/mol. The Hall–Kier alpha value is -2.03. The van der Waals surface area contributed by atoms with E-state index < -0.39 is 5.41 Å². The van der Waals surface area contributed by atoms with E-state index in [9.17, 15) is 9.59 Å². The Kier molecular flexibility index (Phi) is 4.41. The molecule has 0 aliphatic carbocycles. The van der Waals surface area contributed by atoms with Gasteiger partial charge in [0.2, 0.25) is 11.8 Å². The molecule has 1 aromatic rings. The van der Waals surface area contributed by atoms with E-state index in [-0.39, 0.29) is 18.4 Å². The second-order valence-electron chi connectivity index (χ2n) is 7.26. The molecule has 1 aromatic heterocycles. The first-order valence-corrected chi connectivity index (χ1v) is 9.05. The Morgan fingerprint density at radius 2 is 2.12 bits per heavy atom. The number of likely N-dealkylation sites (tertiary alicyclic amines) is 2. The van der Waals surface area contributed by atoms with Gasteiger partial charge in [-0.05, 0) is 37.3 Å². The van der Waals surface area contributed by atoms with Crippen LogP contribution in [0.5, 0.6) is 0 Å². The van der Waals surface area contributed by atoms with Gasteiger partial charge in [-0.3, -0.25) is 9.59 Å². The molecule has 136 valence electrons. The van der Waals surface area contributed by atoms with Crippen LogP contribution < -0.4 is 0 Å². The first kappa shape index (κ1) is 16.4. The summed E-state index contributed by atoms with van der Waals surface area (Å²) in [5.41, 5.74) is -0.401. The number of piperidine rings is 1. The zero-order chi connectivity index (χ0) is 17.3. The van der Waals surface area contributed by atoms with Crippen molar-refractivity contribution in [2.24, 2.45) is 5.41 Å². The molecule has 0 bridgehead atoms. The van der Waals surface area contributed by atoms with Crippen molar-refractivity contribution in [3.8, 4) is 0 Å². The van der Waals surface area contributed by atoms with Gasteiger partial charge in [0.15, 0.2) is 6.33 Å². The highest BCUT2D eigenvalue weighted by Gasteiger charge is 2.50. The highest BCUT2D eigenvalue weighted by Crippen LogP contribution is 2.41. The number of carbonyl (C=O) groups is 2. The summed E-state index contributed by atoms with van der Waals surface area (Å²) in [5.74, 6) is 0.186. The van der Waals surface area contributed by atoms with E-state index in [2.05, 4.69) is 20.3 Å². The van der Waals surface area contributed by atoms with Crippen LogP contribution in [-0.2, 0) is 20.9 Å². The third-order valence-corrected chi connectivity index (χ3v) is 5.78. The van der Waals surface area contributed by atoms with Gasteiger partial charge in [0.1, 0.15) is 6.54 Å². The summed E-state index contributed by atoms with van der Waals surface area (Å²) in [5, 5.41) is 11.2. The molecule has 3 saturated heterocycles. The summed E-state index contributed by atoms with van der Waals surface area (Å²) in [4.78, 5) is 30.9. The molecule has 1 atom stereocenters. The van der Waals surface area contributed by atoms with Gasteiger partial charge >= 0.3 is 0 Å². The van der Waals surface area contributed by atoms with Gasteiger partial charge < -0.3 is 14.5 Å². The van der Waals surface area contributed by atoms with Crippen LogP contribution in [0.1, 0.15) is 32.1 Å². The van der Waals surface area contributed by atoms with Crippen molar-refractivity contribution in [3.63, 3.8) is 0 Å². The summed E-state index contributed by atoms with van der Waals surface area (Å²) < 4.78 is 5.43. The molecule has 0 saturated carbocycles. The van der Waals surface area contributed by atoms with Crippen LogP contribution in [-0.4, -0.2) is 80.7 Å². The normalized spacial score (nSPS) is 28.1. The number of tetrazole rings is 1. The molecule has 2 amide bonds. The maximum absolute atomic E-state index is 13.2. The van der Waals surface area contributed by atoms with Gasteiger partial charge in [-0.15, -0.1) is 10.2 Å². The number of hydrogen-bond donors (Lipinski definition) is 0. The van der Waals surface area contributed by atoms with Crippen LogP contribution in [0.15, 0.2) is 6.33 Å². The van der Waals surface area contributed by atoms with E-state index >= 15 is 0 Å². The summed E-state index contributed by atoms with van der Waals surface area (Å²) in [7, 11) is 0. The Morgan fingerprint density at radius 3 is 2.88 bits per heavy atom. The van der Waals surface area contributed by atoms with E-state index in [1.54, 1.807) is 4.90 Å². The minimum absolute atomic E-state index is 0.0501. The molecular formula is C16H24N6O3. The molecule has 1 unspecified atom stereocenters. The largest absolute Gasteiger partial charge is 0.381 e. The van der Waals surface area contributed by atoms with Gasteiger partial charge in [0.05, 0.1) is 5.41 Å². The summed E-state index contributed by atoms with van der Waals surface area (Å²) in [6.07, 6.45) is 5.79. The lowest BCUT2D eigenvalue weighted by Crippen LogP contribution is -2.55. The van der Waals surface area contributed by atoms with Crippen molar-refractivity contribution in [1.82, 2.24) is 30.0 Å². The molecule has 9 nitrogen and oxygen atoms in total. The van der Waals surface area contributed by atoms with E-state index in [4.69, 9.17) is 4.74 Å². The SMILES string of the molecule is O=C(Cn1ncnn1)N1CCC2(CCCN(C3CCOCC3)C2=O)C1. The van der Waals surface area contributed by atoms with Crippen LogP contribution in [0.3, 0.4) is 0 Å². The molecule has 25 heavy (non-hydrogen) atoms. The zero-order valence-corrected chi connectivity index (χ0v) is 14.3. The van der Waals surface area contributed by atoms with Crippen LogP contribution in [0.2, 0.25) is 0 Å². The zero-order valence-electron chi connectivity index (χ0n) is 14.3. The lowest BCUT2D eigenvalue weighted by Gasteiger charge is -2.44. The number of carbonyl (C=O) groups excluding carboxylic acids is 2. The summed E-state index contributed by atoms with van der Waals surface area (Å²) >= 11 is 0. The van der Waals surface area contributed by atoms with Crippen LogP contribution in [0, 0.1) is 5.41 Å².